The molecule has 2 amide bonds. The summed E-state index contributed by atoms with van der Waals surface area (Å²) >= 11 is 0. The molecule has 2 aliphatic rings. The topological polar surface area (TPSA) is 61.4 Å². The maximum atomic E-state index is 12.0. The highest BCUT2D eigenvalue weighted by molar-refractivity contribution is 5.91. The molecule has 2 rings (SSSR count). The summed E-state index contributed by atoms with van der Waals surface area (Å²) in [4.78, 5) is 24.9. The Morgan fingerprint density at radius 2 is 2.25 bits per heavy atom. The van der Waals surface area contributed by atoms with E-state index >= 15 is 0 Å². The van der Waals surface area contributed by atoms with Gasteiger partial charge in [0.25, 0.3) is 0 Å². The number of hydrogen-bond acceptors (Lipinski definition) is 3. The first kappa shape index (κ1) is 13.3. The van der Waals surface area contributed by atoms with Crippen molar-refractivity contribution in [3.8, 4) is 0 Å². The van der Waals surface area contributed by atoms with Crippen LogP contribution in [0, 0.1) is 0 Å². The van der Waals surface area contributed by atoms with E-state index in [0.717, 1.165) is 19.6 Å². The van der Waals surface area contributed by atoms with Crippen molar-refractivity contribution in [3.63, 3.8) is 0 Å². The van der Waals surface area contributed by atoms with Crippen molar-refractivity contribution in [2.75, 3.05) is 19.6 Å². The quantitative estimate of drug-likeness (QED) is 0.657. The van der Waals surface area contributed by atoms with Gasteiger partial charge < -0.3 is 15.5 Å². The number of rotatable bonds is 1. The zero-order chi connectivity index (χ0) is 10.8. The van der Waals surface area contributed by atoms with Crippen molar-refractivity contribution in [2.24, 2.45) is 0 Å². The molecule has 0 aliphatic carbocycles. The van der Waals surface area contributed by atoms with Gasteiger partial charge >= 0.3 is 0 Å². The molecule has 2 saturated heterocycles. The first-order valence-corrected chi connectivity index (χ1v) is 5.49. The van der Waals surface area contributed by atoms with E-state index in [2.05, 4.69) is 10.6 Å². The summed E-state index contributed by atoms with van der Waals surface area (Å²) in [6, 6.07) is -0.0539. The van der Waals surface area contributed by atoms with Crippen LogP contribution in [0.15, 0.2) is 0 Å². The highest BCUT2D eigenvalue weighted by Crippen LogP contribution is 2.12. The van der Waals surface area contributed by atoms with Crippen LogP contribution in [0.25, 0.3) is 0 Å². The highest BCUT2D eigenvalue weighted by atomic mass is 35.5. The van der Waals surface area contributed by atoms with Crippen LogP contribution in [0.4, 0.5) is 0 Å². The average Bonchev–Trinajstić information content (AvgIpc) is 2.65. The molecule has 2 fully saturated rings. The van der Waals surface area contributed by atoms with Gasteiger partial charge in [0.15, 0.2) is 0 Å². The van der Waals surface area contributed by atoms with E-state index in [1.807, 2.05) is 11.8 Å². The van der Waals surface area contributed by atoms with Gasteiger partial charge in [0, 0.05) is 32.1 Å². The van der Waals surface area contributed by atoms with Gasteiger partial charge in [-0.05, 0) is 13.3 Å². The molecule has 0 saturated carbocycles. The average molecular weight is 248 g/mol. The molecule has 0 aromatic carbocycles. The smallest absolute Gasteiger partial charge is 0.245 e. The van der Waals surface area contributed by atoms with Crippen LogP contribution in [0.5, 0.6) is 0 Å². The van der Waals surface area contributed by atoms with Gasteiger partial charge in [-0.3, -0.25) is 9.59 Å². The summed E-state index contributed by atoms with van der Waals surface area (Å²) in [7, 11) is 0. The van der Waals surface area contributed by atoms with E-state index in [0.29, 0.717) is 12.8 Å². The minimum Gasteiger partial charge on any atom is -0.344 e. The lowest BCUT2D eigenvalue weighted by molar-refractivity contribution is -0.137. The molecular formula is C10H18ClN3O2. The maximum absolute atomic E-state index is 12.0. The van der Waals surface area contributed by atoms with E-state index in [4.69, 9.17) is 0 Å². The van der Waals surface area contributed by atoms with Crippen LogP contribution in [-0.4, -0.2) is 48.4 Å². The molecule has 16 heavy (non-hydrogen) atoms. The monoisotopic (exact) mass is 247 g/mol. The normalized spacial score (nSPS) is 29.6. The van der Waals surface area contributed by atoms with E-state index in [9.17, 15) is 9.59 Å². The van der Waals surface area contributed by atoms with Crippen LogP contribution < -0.4 is 10.6 Å². The highest BCUT2D eigenvalue weighted by Gasteiger charge is 2.33. The summed E-state index contributed by atoms with van der Waals surface area (Å²) in [6.45, 7) is 4.45. The number of nitrogens with one attached hydrogen (secondary N) is 2. The van der Waals surface area contributed by atoms with Crippen LogP contribution in [-0.2, 0) is 9.59 Å². The molecular weight excluding hydrogens is 230 g/mol. The van der Waals surface area contributed by atoms with Gasteiger partial charge in [-0.25, -0.2) is 0 Å². The van der Waals surface area contributed by atoms with E-state index in [-0.39, 0.29) is 36.3 Å². The fourth-order valence-corrected chi connectivity index (χ4v) is 2.17. The van der Waals surface area contributed by atoms with Gasteiger partial charge in [-0.15, -0.1) is 12.4 Å². The van der Waals surface area contributed by atoms with Crippen molar-refractivity contribution in [3.05, 3.63) is 0 Å². The number of carbonyl (C=O) groups excluding carboxylic acids is 2. The fourth-order valence-electron chi connectivity index (χ4n) is 2.17. The first-order valence-electron chi connectivity index (χ1n) is 5.49. The lowest BCUT2D eigenvalue weighted by Gasteiger charge is -2.35. The van der Waals surface area contributed by atoms with E-state index in [1.165, 1.54) is 0 Å². The second-order valence-corrected chi connectivity index (χ2v) is 4.24. The Morgan fingerprint density at radius 1 is 1.50 bits per heavy atom. The molecule has 0 spiro atoms. The van der Waals surface area contributed by atoms with Gasteiger partial charge in [-0.2, -0.15) is 0 Å². The van der Waals surface area contributed by atoms with Gasteiger partial charge in [0.1, 0.15) is 6.04 Å². The Hall–Kier alpha value is -0.810. The summed E-state index contributed by atoms with van der Waals surface area (Å²) in [5.74, 6) is 0.0750. The summed E-state index contributed by atoms with van der Waals surface area (Å²) in [5, 5.41) is 5.96. The minimum absolute atomic E-state index is 0. The molecule has 0 aromatic rings. The van der Waals surface area contributed by atoms with Crippen LogP contribution in [0.2, 0.25) is 0 Å². The third-order valence-corrected chi connectivity index (χ3v) is 3.08. The number of halogens is 1. The van der Waals surface area contributed by atoms with Crippen molar-refractivity contribution in [2.45, 2.75) is 31.8 Å². The molecule has 0 bridgehead atoms. The number of nitrogens with zero attached hydrogens (tertiary/aromatic N) is 1. The molecule has 6 heteroatoms. The number of hydrogen-bond donors (Lipinski definition) is 2. The van der Waals surface area contributed by atoms with Crippen molar-refractivity contribution >= 4 is 24.2 Å². The minimum atomic E-state index is -0.280. The van der Waals surface area contributed by atoms with E-state index < -0.39 is 0 Å². The molecule has 2 aliphatic heterocycles. The number of carbonyl (C=O) groups is 2. The van der Waals surface area contributed by atoms with Crippen molar-refractivity contribution in [1.82, 2.24) is 15.5 Å². The van der Waals surface area contributed by atoms with Gasteiger partial charge in [-0.1, -0.05) is 0 Å². The Balaban J connectivity index is 0.00000128. The van der Waals surface area contributed by atoms with Gasteiger partial charge in [0.2, 0.25) is 11.8 Å². The molecule has 0 radical (unpaired) electrons. The Morgan fingerprint density at radius 3 is 2.81 bits per heavy atom. The SMILES string of the molecule is C[C@@H]1CNCCN1C(=O)[C@@H]1CCC(=O)N1.Cl. The zero-order valence-electron chi connectivity index (χ0n) is 9.36. The Labute approximate surface area is 101 Å². The first-order chi connectivity index (χ1) is 7.18. The van der Waals surface area contributed by atoms with E-state index in [1.54, 1.807) is 0 Å². The zero-order valence-corrected chi connectivity index (χ0v) is 10.2. The Kier molecular flexibility index (Phi) is 4.56. The molecule has 2 heterocycles. The van der Waals surface area contributed by atoms with Crippen LogP contribution >= 0.6 is 12.4 Å². The largest absolute Gasteiger partial charge is 0.344 e. The molecule has 2 atom stereocenters. The van der Waals surface area contributed by atoms with Crippen molar-refractivity contribution in [1.29, 1.82) is 0 Å². The number of piperazine rings is 1. The predicted octanol–water partition coefficient (Wildman–Crippen LogP) is -0.493. The molecule has 0 aromatic heterocycles. The fraction of sp³-hybridized carbons (Fsp3) is 0.800. The van der Waals surface area contributed by atoms with Gasteiger partial charge in [0.05, 0.1) is 0 Å². The molecule has 5 nitrogen and oxygen atoms in total. The summed E-state index contributed by atoms with van der Waals surface area (Å²) in [5.41, 5.74) is 0. The summed E-state index contributed by atoms with van der Waals surface area (Å²) in [6.07, 6.45) is 1.13. The van der Waals surface area contributed by atoms with Crippen LogP contribution in [0.3, 0.4) is 0 Å². The third-order valence-electron chi connectivity index (χ3n) is 3.08. The van der Waals surface area contributed by atoms with Crippen LogP contribution in [0.1, 0.15) is 19.8 Å². The lowest BCUT2D eigenvalue weighted by Crippen LogP contribution is -2.56. The maximum Gasteiger partial charge on any atom is 0.245 e. The lowest BCUT2D eigenvalue weighted by atomic mass is 10.1. The number of amides is 2. The standard InChI is InChI=1S/C10H17N3O2.ClH/c1-7-6-11-4-5-13(7)10(15)8-2-3-9(14)12-8;/h7-8,11H,2-6H2,1H3,(H,12,14);1H/t7-,8+;/m1./s1. The Bertz CT molecular complexity index is 285. The molecule has 2 N–H and O–H groups in total. The van der Waals surface area contributed by atoms with Crippen molar-refractivity contribution < 1.29 is 9.59 Å². The molecule has 0 unspecified atom stereocenters. The summed E-state index contributed by atoms with van der Waals surface area (Å²) < 4.78 is 0. The second kappa shape index (κ2) is 5.50. The molecule has 92 valence electrons. The predicted molar refractivity (Wildman–Crippen MR) is 62.5 cm³/mol. The second-order valence-electron chi connectivity index (χ2n) is 4.24. The third kappa shape index (κ3) is 2.65.